The van der Waals surface area contributed by atoms with E-state index in [0.717, 1.165) is 49.8 Å². The van der Waals surface area contributed by atoms with Gasteiger partial charge in [0.1, 0.15) is 5.75 Å². The molecule has 4 rings (SSSR count). The lowest BCUT2D eigenvalue weighted by atomic mass is 10.2. The van der Waals surface area contributed by atoms with Crippen molar-refractivity contribution < 1.29 is 5.11 Å². The summed E-state index contributed by atoms with van der Waals surface area (Å²) in [6, 6.07) is 17.5. The minimum Gasteiger partial charge on any atom is -0.506 e. The Morgan fingerprint density at radius 2 is 1.60 bits per heavy atom. The van der Waals surface area contributed by atoms with Crippen molar-refractivity contribution in [3.63, 3.8) is 0 Å². The molecule has 0 amide bonds. The van der Waals surface area contributed by atoms with Gasteiger partial charge in [-0.05, 0) is 24.3 Å². The van der Waals surface area contributed by atoms with Crippen molar-refractivity contribution in [3.8, 4) is 11.4 Å². The third-order valence-corrected chi connectivity index (χ3v) is 4.51. The first-order valence-electron chi connectivity index (χ1n) is 8.51. The second kappa shape index (κ2) is 6.94. The molecule has 1 saturated heterocycles. The maximum absolute atomic E-state index is 10.00. The fourth-order valence-corrected chi connectivity index (χ4v) is 3.16. The number of para-hydroxylation sites is 3. The van der Waals surface area contributed by atoms with Crippen molar-refractivity contribution >= 4 is 5.69 Å². The summed E-state index contributed by atoms with van der Waals surface area (Å²) in [5.74, 6) is 0.349. The summed E-state index contributed by atoms with van der Waals surface area (Å²) < 4.78 is 0. The van der Waals surface area contributed by atoms with Crippen molar-refractivity contribution in [2.24, 2.45) is 0 Å². The second-order valence-corrected chi connectivity index (χ2v) is 6.21. The van der Waals surface area contributed by atoms with Gasteiger partial charge in [0.2, 0.25) is 0 Å². The smallest absolute Gasteiger partial charge is 0.138 e. The van der Waals surface area contributed by atoms with Gasteiger partial charge in [-0.3, -0.25) is 4.90 Å². The third kappa shape index (κ3) is 3.49. The van der Waals surface area contributed by atoms with Crippen molar-refractivity contribution in [1.29, 1.82) is 0 Å². The maximum Gasteiger partial charge on any atom is 0.138 e. The van der Waals surface area contributed by atoms with Crippen LogP contribution in [0.4, 0.5) is 5.69 Å². The Balaban J connectivity index is 1.36. The van der Waals surface area contributed by atoms with Crippen LogP contribution in [-0.2, 0) is 6.54 Å². The lowest BCUT2D eigenvalue weighted by Crippen LogP contribution is -2.46. The number of piperazine rings is 1. The number of hydrogen-bond acceptors (Lipinski definition) is 5. The maximum atomic E-state index is 10.00. The molecule has 0 bridgehead atoms. The number of aromatic nitrogens is 3. The Hall–Kier alpha value is -2.86. The predicted molar refractivity (Wildman–Crippen MR) is 97.0 cm³/mol. The SMILES string of the molecule is Oc1ccccc1N1CCN(Cc2cnn(-c3ccccc3)n2)CC1. The van der Waals surface area contributed by atoms with Crippen LogP contribution >= 0.6 is 0 Å². The van der Waals surface area contributed by atoms with Gasteiger partial charge in [0, 0.05) is 32.7 Å². The quantitative estimate of drug-likeness (QED) is 0.793. The molecule has 1 aliphatic rings. The molecule has 0 unspecified atom stereocenters. The zero-order chi connectivity index (χ0) is 17.1. The van der Waals surface area contributed by atoms with Crippen molar-refractivity contribution in [2.45, 2.75) is 6.54 Å². The van der Waals surface area contributed by atoms with Gasteiger partial charge in [-0.25, -0.2) is 0 Å². The highest BCUT2D eigenvalue weighted by Crippen LogP contribution is 2.27. The number of anilines is 1. The molecule has 0 saturated carbocycles. The standard InChI is InChI=1S/C19H21N5O/c25-19-9-5-4-8-18(19)23-12-10-22(11-13-23)15-16-14-20-24(21-16)17-6-2-1-3-7-17/h1-9,14,25H,10-13,15H2. The van der Waals surface area contributed by atoms with E-state index in [0.29, 0.717) is 5.75 Å². The van der Waals surface area contributed by atoms with Crippen LogP contribution in [0.25, 0.3) is 5.69 Å². The Kier molecular flexibility index (Phi) is 4.35. The monoisotopic (exact) mass is 335 g/mol. The molecular formula is C19H21N5O. The number of phenols is 1. The summed E-state index contributed by atoms with van der Waals surface area (Å²) in [6.45, 7) is 4.45. The Labute approximate surface area is 146 Å². The highest BCUT2D eigenvalue weighted by molar-refractivity contribution is 5.57. The average molecular weight is 335 g/mol. The Morgan fingerprint density at radius 1 is 0.880 bits per heavy atom. The van der Waals surface area contributed by atoms with Crippen LogP contribution < -0.4 is 4.90 Å². The van der Waals surface area contributed by atoms with E-state index >= 15 is 0 Å². The first-order chi connectivity index (χ1) is 12.3. The molecule has 1 N–H and O–H groups in total. The van der Waals surface area contributed by atoms with E-state index < -0.39 is 0 Å². The van der Waals surface area contributed by atoms with E-state index in [2.05, 4.69) is 20.0 Å². The van der Waals surface area contributed by atoms with Gasteiger partial charge in [-0.1, -0.05) is 30.3 Å². The molecule has 0 spiro atoms. The van der Waals surface area contributed by atoms with Gasteiger partial charge in [0.15, 0.2) is 0 Å². The highest BCUT2D eigenvalue weighted by Gasteiger charge is 2.19. The molecule has 2 aromatic carbocycles. The molecule has 0 radical (unpaired) electrons. The lowest BCUT2D eigenvalue weighted by Gasteiger charge is -2.35. The molecule has 1 aliphatic heterocycles. The molecule has 6 heteroatoms. The van der Waals surface area contributed by atoms with Crippen molar-refractivity contribution in [2.75, 3.05) is 31.1 Å². The van der Waals surface area contributed by atoms with E-state index in [1.807, 2.05) is 54.7 Å². The third-order valence-electron chi connectivity index (χ3n) is 4.51. The first kappa shape index (κ1) is 15.7. The number of phenolic OH excluding ortho intramolecular Hbond substituents is 1. The molecule has 0 atom stereocenters. The molecule has 1 aromatic heterocycles. The summed E-state index contributed by atoms with van der Waals surface area (Å²) in [5.41, 5.74) is 2.86. The lowest BCUT2D eigenvalue weighted by molar-refractivity contribution is 0.246. The molecule has 128 valence electrons. The fourth-order valence-electron chi connectivity index (χ4n) is 3.16. The summed E-state index contributed by atoms with van der Waals surface area (Å²) in [7, 11) is 0. The summed E-state index contributed by atoms with van der Waals surface area (Å²) in [6.07, 6.45) is 1.84. The average Bonchev–Trinajstić information content (AvgIpc) is 3.12. The van der Waals surface area contributed by atoms with Crippen LogP contribution in [0.5, 0.6) is 5.75 Å². The van der Waals surface area contributed by atoms with Crippen LogP contribution in [0.1, 0.15) is 5.69 Å². The second-order valence-electron chi connectivity index (χ2n) is 6.21. The van der Waals surface area contributed by atoms with E-state index in [-0.39, 0.29) is 0 Å². The summed E-state index contributed by atoms with van der Waals surface area (Å²) in [4.78, 5) is 6.27. The zero-order valence-corrected chi connectivity index (χ0v) is 14.0. The van der Waals surface area contributed by atoms with E-state index in [9.17, 15) is 5.11 Å². The van der Waals surface area contributed by atoms with Crippen LogP contribution in [0.3, 0.4) is 0 Å². The van der Waals surface area contributed by atoms with Gasteiger partial charge < -0.3 is 10.0 Å². The van der Waals surface area contributed by atoms with E-state index in [1.165, 1.54) is 0 Å². The minimum atomic E-state index is 0.349. The number of aromatic hydroxyl groups is 1. The highest BCUT2D eigenvalue weighted by atomic mass is 16.3. The van der Waals surface area contributed by atoms with Gasteiger partial charge >= 0.3 is 0 Å². The summed E-state index contributed by atoms with van der Waals surface area (Å²) in [5, 5.41) is 18.9. The topological polar surface area (TPSA) is 57.4 Å². The number of benzene rings is 2. The molecular weight excluding hydrogens is 314 g/mol. The van der Waals surface area contributed by atoms with Crippen LogP contribution in [0.2, 0.25) is 0 Å². The molecule has 25 heavy (non-hydrogen) atoms. The molecule has 1 fully saturated rings. The number of hydrogen-bond donors (Lipinski definition) is 1. The fraction of sp³-hybridized carbons (Fsp3) is 0.263. The van der Waals surface area contributed by atoms with Gasteiger partial charge in [-0.15, -0.1) is 0 Å². The molecule has 0 aliphatic carbocycles. The summed E-state index contributed by atoms with van der Waals surface area (Å²) >= 11 is 0. The van der Waals surface area contributed by atoms with E-state index in [4.69, 9.17) is 0 Å². The van der Waals surface area contributed by atoms with E-state index in [1.54, 1.807) is 10.9 Å². The van der Waals surface area contributed by atoms with Gasteiger partial charge in [-0.2, -0.15) is 15.0 Å². The van der Waals surface area contributed by atoms with Crippen molar-refractivity contribution in [1.82, 2.24) is 19.9 Å². The molecule has 6 nitrogen and oxygen atoms in total. The largest absolute Gasteiger partial charge is 0.506 e. The van der Waals surface area contributed by atoms with Gasteiger partial charge in [0.25, 0.3) is 0 Å². The van der Waals surface area contributed by atoms with Crippen LogP contribution in [-0.4, -0.2) is 51.2 Å². The molecule has 3 aromatic rings. The van der Waals surface area contributed by atoms with Crippen LogP contribution in [0, 0.1) is 0 Å². The molecule has 2 heterocycles. The first-order valence-corrected chi connectivity index (χ1v) is 8.51. The number of rotatable bonds is 4. The Morgan fingerprint density at radius 3 is 2.36 bits per heavy atom. The minimum absolute atomic E-state index is 0.349. The normalized spacial score (nSPS) is 15.4. The van der Waals surface area contributed by atoms with Crippen LogP contribution in [0.15, 0.2) is 60.8 Å². The number of nitrogens with zero attached hydrogens (tertiary/aromatic N) is 5. The van der Waals surface area contributed by atoms with Crippen molar-refractivity contribution in [3.05, 3.63) is 66.5 Å². The zero-order valence-electron chi connectivity index (χ0n) is 14.0. The van der Waals surface area contributed by atoms with Gasteiger partial charge in [0.05, 0.1) is 23.3 Å². The Bertz CT molecular complexity index is 825. The predicted octanol–water partition coefficient (Wildman–Crippen LogP) is 2.30.